The Morgan fingerprint density at radius 3 is 2.68 bits per heavy atom. The van der Waals surface area contributed by atoms with Gasteiger partial charge in [0.15, 0.2) is 4.77 Å². The van der Waals surface area contributed by atoms with Crippen LogP contribution in [0.15, 0.2) is 34.1 Å². The third-order valence-electron chi connectivity index (χ3n) is 4.59. The van der Waals surface area contributed by atoms with Crippen molar-refractivity contribution in [2.24, 2.45) is 10.7 Å². The molecule has 0 radical (unpaired) electrons. The van der Waals surface area contributed by atoms with Crippen LogP contribution in [0, 0.1) is 11.7 Å². The fraction of sp³-hybridized carbons (Fsp3) is 0.389. The Kier molecular flexibility index (Phi) is 5.15. The first kappa shape index (κ1) is 17.6. The van der Waals surface area contributed by atoms with Gasteiger partial charge in [0, 0.05) is 12.3 Å². The summed E-state index contributed by atoms with van der Waals surface area (Å²) in [6, 6.07) is 7.46. The minimum atomic E-state index is -0.459. The zero-order valence-electron chi connectivity index (χ0n) is 14.1. The molecule has 1 aliphatic carbocycles. The minimum absolute atomic E-state index is 0.00586. The minimum Gasteiger partial charge on any atom is -0.494 e. The number of nitrogens with one attached hydrogen (secondary N) is 1. The molecule has 25 heavy (non-hydrogen) atoms. The van der Waals surface area contributed by atoms with Crippen molar-refractivity contribution in [3.63, 3.8) is 0 Å². The average molecular weight is 358 g/mol. The predicted molar refractivity (Wildman–Crippen MR) is 101 cm³/mol. The van der Waals surface area contributed by atoms with Crippen LogP contribution in [-0.4, -0.2) is 33.0 Å². The van der Waals surface area contributed by atoms with E-state index in [0.29, 0.717) is 5.69 Å². The largest absolute Gasteiger partial charge is 0.494 e. The average Bonchev–Trinajstić information content (AvgIpc) is 2.57. The number of aromatic nitrogens is 2. The van der Waals surface area contributed by atoms with Crippen LogP contribution in [0.1, 0.15) is 36.8 Å². The molecule has 2 atom stereocenters. The maximum absolute atomic E-state index is 12.2. The highest BCUT2D eigenvalue weighted by Gasteiger charge is 2.21. The number of aryl methyl sites for hydroxylation is 1. The lowest BCUT2D eigenvalue weighted by molar-refractivity contribution is 0.387. The summed E-state index contributed by atoms with van der Waals surface area (Å²) in [6.45, 7) is 1.97. The maximum atomic E-state index is 12.2. The second-order valence-electron chi connectivity index (χ2n) is 6.46. The summed E-state index contributed by atoms with van der Waals surface area (Å²) in [5, 5.41) is 10.6. The molecule has 0 amide bonds. The number of aromatic hydroxyl groups is 1. The van der Waals surface area contributed by atoms with E-state index in [1.165, 1.54) is 10.8 Å². The molecule has 0 bridgehead atoms. The van der Waals surface area contributed by atoms with Crippen molar-refractivity contribution in [3.8, 4) is 11.6 Å². The van der Waals surface area contributed by atoms with Gasteiger partial charge >= 0.3 is 0 Å². The zero-order chi connectivity index (χ0) is 18.0. The van der Waals surface area contributed by atoms with Gasteiger partial charge < -0.3 is 10.8 Å². The molecule has 1 fully saturated rings. The Bertz CT molecular complexity index is 899. The van der Waals surface area contributed by atoms with Gasteiger partial charge in [-0.25, -0.2) is 0 Å². The number of hydrogen-bond acceptors (Lipinski definition) is 5. The molecule has 3 rings (SSSR count). The molecule has 1 saturated carbocycles. The molecule has 0 aliphatic heterocycles. The molecule has 1 aromatic heterocycles. The highest BCUT2D eigenvalue weighted by molar-refractivity contribution is 7.71. The van der Waals surface area contributed by atoms with Crippen molar-refractivity contribution in [1.29, 1.82) is 0 Å². The van der Waals surface area contributed by atoms with Crippen LogP contribution in [0.5, 0.6) is 5.88 Å². The zero-order valence-corrected chi connectivity index (χ0v) is 14.9. The van der Waals surface area contributed by atoms with E-state index in [1.54, 1.807) is 0 Å². The molecule has 0 unspecified atom stereocenters. The number of H-pyrrole nitrogens is 1. The number of aromatic amines is 1. The highest BCUT2D eigenvalue weighted by atomic mass is 32.1. The van der Waals surface area contributed by atoms with Crippen molar-refractivity contribution >= 4 is 18.4 Å². The van der Waals surface area contributed by atoms with E-state index in [2.05, 4.69) is 9.98 Å². The van der Waals surface area contributed by atoms with Gasteiger partial charge in [-0.05, 0) is 44.1 Å². The fourth-order valence-electron chi connectivity index (χ4n) is 3.08. The molecular weight excluding hydrogens is 336 g/mol. The van der Waals surface area contributed by atoms with Crippen LogP contribution in [-0.2, 0) is 0 Å². The van der Waals surface area contributed by atoms with E-state index in [4.69, 9.17) is 18.0 Å². The fourth-order valence-corrected chi connectivity index (χ4v) is 3.37. The smallest absolute Gasteiger partial charge is 0.264 e. The lowest BCUT2D eigenvalue weighted by Crippen LogP contribution is -2.36. The normalized spacial score (nSPS) is 20.9. The number of aliphatic imine (C=N–C) groups is 1. The molecule has 132 valence electrons. The topological polar surface area (TPSA) is 96.4 Å². The highest BCUT2D eigenvalue weighted by Crippen LogP contribution is 2.21. The summed E-state index contributed by atoms with van der Waals surface area (Å²) in [6.07, 6.45) is 5.43. The molecule has 0 spiro atoms. The summed E-state index contributed by atoms with van der Waals surface area (Å²) < 4.78 is 1.57. The van der Waals surface area contributed by atoms with Gasteiger partial charge in [-0.15, -0.1) is 0 Å². The summed E-state index contributed by atoms with van der Waals surface area (Å²) in [5.74, 6) is -0.217. The van der Waals surface area contributed by atoms with Crippen LogP contribution in [0.2, 0.25) is 0 Å². The Balaban J connectivity index is 2.02. The molecule has 0 saturated heterocycles. The number of hydrogen-bond donors (Lipinski definition) is 3. The Morgan fingerprint density at radius 2 is 2.00 bits per heavy atom. The van der Waals surface area contributed by atoms with E-state index in [0.717, 1.165) is 31.2 Å². The van der Waals surface area contributed by atoms with Crippen LogP contribution in [0.25, 0.3) is 5.69 Å². The van der Waals surface area contributed by atoms with Crippen LogP contribution in [0.3, 0.4) is 0 Å². The van der Waals surface area contributed by atoms with E-state index in [-0.39, 0.29) is 28.3 Å². The van der Waals surface area contributed by atoms with E-state index >= 15 is 0 Å². The van der Waals surface area contributed by atoms with E-state index in [9.17, 15) is 9.90 Å². The summed E-state index contributed by atoms with van der Waals surface area (Å²) in [5.41, 5.74) is 7.49. The van der Waals surface area contributed by atoms with Crippen LogP contribution in [0.4, 0.5) is 0 Å². The van der Waals surface area contributed by atoms with Crippen molar-refractivity contribution in [1.82, 2.24) is 9.55 Å². The molecule has 1 aromatic carbocycles. The first-order valence-electron chi connectivity index (χ1n) is 8.41. The second kappa shape index (κ2) is 7.33. The van der Waals surface area contributed by atoms with Crippen LogP contribution < -0.4 is 11.3 Å². The number of benzene rings is 1. The monoisotopic (exact) mass is 358 g/mol. The molecule has 6 nitrogen and oxygen atoms in total. The van der Waals surface area contributed by atoms with Crippen molar-refractivity contribution in [2.45, 2.75) is 44.7 Å². The quantitative estimate of drug-likeness (QED) is 0.580. The van der Waals surface area contributed by atoms with Gasteiger partial charge in [0.2, 0.25) is 5.88 Å². The van der Waals surface area contributed by atoms with Crippen LogP contribution >= 0.6 is 12.2 Å². The van der Waals surface area contributed by atoms with Gasteiger partial charge in [-0.2, -0.15) is 0 Å². The van der Waals surface area contributed by atoms with Crippen molar-refractivity contribution < 1.29 is 5.11 Å². The van der Waals surface area contributed by atoms with Gasteiger partial charge in [-0.3, -0.25) is 19.3 Å². The molecule has 1 aliphatic rings. The first-order chi connectivity index (χ1) is 12.0. The molecule has 4 N–H and O–H groups in total. The first-order valence-corrected chi connectivity index (χ1v) is 8.82. The predicted octanol–water partition coefficient (Wildman–Crippen LogP) is 2.60. The molecule has 2 aromatic rings. The van der Waals surface area contributed by atoms with Gasteiger partial charge in [0.05, 0.1) is 11.7 Å². The molecule has 1 heterocycles. The lowest BCUT2D eigenvalue weighted by atomic mass is 9.91. The Labute approximate surface area is 151 Å². The molecular formula is C18H22N4O2S. The summed E-state index contributed by atoms with van der Waals surface area (Å²) in [7, 11) is 0. The SMILES string of the molecule is Cc1ccc(-n2c(O)c(C=N[C@@H]3CCCC[C@H]3N)c(=O)[nH]c2=S)cc1. The Morgan fingerprint density at radius 1 is 1.32 bits per heavy atom. The Hall–Kier alpha value is -2.25. The van der Waals surface area contributed by atoms with Crippen molar-refractivity contribution in [2.75, 3.05) is 0 Å². The lowest BCUT2D eigenvalue weighted by Gasteiger charge is -2.25. The van der Waals surface area contributed by atoms with Gasteiger partial charge in [-0.1, -0.05) is 30.5 Å². The van der Waals surface area contributed by atoms with Gasteiger partial charge in [0.25, 0.3) is 5.56 Å². The second-order valence-corrected chi connectivity index (χ2v) is 6.85. The summed E-state index contributed by atoms with van der Waals surface area (Å²) in [4.78, 5) is 19.3. The van der Waals surface area contributed by atoms with E-state index in [1.807, 2.05) is 31.2 Å². The third-order valence-corrected chi connectivity index (χ3v) is 4.87. The number of nitrogens with two attached hydrogens (primary N) is 1. The van der Waals surface area contributed by atoms with Crippen molar-refractivity contribution in [3.05, 3.63) is 50.5 Å². The summed E-state index contributed by atoms with van der Waals surface area (Å²) >= 11 is 5.21. The van der Waals surface area contributed by atoms with E-state index < -0.39 is 5.56 Å². The molecule has 7 heteroatoms. The maximum Gasteiger partial charge on any atom is 0.264 e. The number of rotatable bonds is 3. The third kappa shape index (κ3) is 3.72. The standard InChI is InChI=1S/C18H22N4O2S/c1-11-6-8-12(9-7-11)22-17(24)13(16(23)21-18(22)25)10-20-15-5-3-2-4-14(15)19/h6-10,14-15,24H,2-5,19H2,1H3,(H,21,23,25)/t14-,15-/m1/s1. The number of nitrogens with zero attached hydrogens (tertiary/aromatic N) is 2. The van der Waals surface area contributed by atoms with Gasteiger partial charge in [0.1, 0.15) is 5.56 Å².